The first kappa shape index (κ1) is 16.6. The molecule has 3 rings (SSSR count). The van der Waals surface area contributed by atoms with Crippen molar-refractivity contribution >= 4 is 23.1 Å². The number of hydrogen-bond donors (Lipinski definition) is 1. The lowest BCUT2D eigenvalue weighted by molar-refractivity contribution is 0.0988. The van der Waals surface area contributed by atoms with Crippen molar-refractivity contribution in [1.29, 1.82) is 0 Å². The Morgan fingerprint density at radius 2 is 1.64 bits per heavy atom. The van der Waals surface area contributed by atoms with E-state index in [4.69, 9.17) is 0 Å². The third-order valence-electron chi connectivity index (χ3n) is 3.83. The minimum Gasteiger partial charge on any atom is -0.340 e. The van der Waals surface area contributed by atoms with Gasteiger partial charge in [-0.3, -0.25) is 4.79 Å². The smallest absolute Gasteiger partial charge is 0.276 e. The molecular formula is C20H20N4O. The van der Waals surface area contributed by atoms with E-state index < -0.39 is 0 Å². The third-order valence-corrected chi connectivity index (χ3v) is 3.83. The summed E-state index contributed by atoms with van der Waals surface area (Å²) in [5, 5.41) is 3.22. The number of amides is 1. The molecule has 0 bridgehead atoms. The van der Waals surface area contributed by atoms with E-state index in [-0.39, 0.29) is 5.91 Å². The Labute approximate surface area is 147 Å². The van der Waals surface area contributed by atoms with Gasteiger partial charge in [-0.1, -0.05) is 35.9 Å². The number of nitrogens with zero attached hydrogens (tertiary/aromatic N) is 3. The molecule has 0 saturated heterocycles. The second kappa shape index (κ2) is 7.13. The fourth-order valence-corrected chi connectivity index (χ4v) is 2.47. The molecule has 0 atom stereocenters. The first-order valence-corrected chi connectivity index (χ1v) is 8.05. The Morgan fingerprint density at radius 1 is 0.960 bits per heavy atom. The van der Waals surface area contributed by atoms with Crippen molar-refractivity contribution in [2.24, 2.45) is 0 Å². The van der Waals surface area contributed by atoms with Crippen LogP contribution in [0.3, 0.4) is 0 Å². The molecule has 25 heavy (non-hydrogen) atoms. The van der Waals surface area contributed by atoms with Gasteiger partial charge < -0.3 is 10.2 Å². The van der Waals surface area contributed by atoms with E-state index in [0.29, 0.717) is 17.3 Å². The SMILES string of the molecule is Cc1ccc(Nc2cc(C(=O)N(C)c3ccccc3)nc(C)n2)cc1. The predicted octanol–water partition coefficient (Wildman–Crippen LogP) is 4.11. The van der Waals surface area contributed by atoms with E-state index in [1.165, 1.54) is 5.56 Å². The van der Waals surface area contributed by atoms with E-state index >= 15 is 0 Å². The number of nitrogens with one attached hydrogen (secondary N) is 1. The van der Waals surface area contributed by atoms with Gasteiger partial charge in [-0.25, -0.2) is 9.97 Å². The van der Waals surface area contributed by atoms with Crippen molar-refractivity contribution in [2.45, 2.75) is 13.8 Å². The lowest BCUT2D eigenvalue weighted by atomic mass is 10.2. The molecule has 1 aromatic heterocycles. The number of rotatable bonds is 4. The number of carbonyl (C=O) groups is 1. The molecule has 1 heterocycles. The monoisotopic (exact) mass is 332 g/mol. The molecule has 0 spiro atoms. The standard InChI is InChI=1S/C20H20N4O/c1-14-9-11-16(12-10-14)23-19-13-18(21-15(2)22-19)20(25)24(3)17-7-5-4-6-8-17/h4-13H,1-3H3,(H,21,22,23). The van der Waals surface area contributed by atoms with Crippen LogP contribution in [0.5, 0.6) is 0 Å². The second-order valence-electron chi connectivity index (χ2n) is 5.88. The summed E-state index contributed by atoms with van der Waals surface area (Å²) in [4.78, 5) is 23.0. The van der Waals surface area contributed by atoms with Crippen LogP contribution >= 0.6 is 0 Å². The lowest BCUT2D eigenvalue weighted by Crippen LogP contribution is -2.27. The predicted molar refractivity (Wildman–Crippen MR) is 100 cm³/mol. The van der Waals surface area contributed by atoms with Gasteiger partial charge in [0.15, 0.2) is 0 Å². The number of anilines is 3. The molecule has 3 aromatic rings. The van der Waals surface area contributed by atoms with Crippen molar-refractivity contribution in [2.75, 3.05) is 17.3 Å². The van der Waals surface area contributed by atoms with Gasteiger partial charge in [-0.15, -0.1) is 0 Å². The maximum Gasteiger partial charge on any atom is 0.276 e. The van der Waals surface area contributed by atoms with E-state index in [2.05, 4.69) is 15.3 Å². The summed E-state index contributed by atoms with van der Waals surface area (Å²) < 4.78 is 0. The Balaban J connectivity index is 1.86. The molecule has 0 radical (unpaired) electrons. The minimum absolute atomic E-state index is 0.177. The molecular weight excluding hydrogens is 312 g/mol. The summed E-state index contributed by atoms with van der Waals surface area (Å²) >= 11 is 0. The van der Waals surface area contributed by atoms with E-state index in [1.54, 1.807) is 24.9 Å². The van der Waals surface area contributed by atoms with Crippen LogP contribution in [0.25, 0.3) is 0 Å². The zero-order valence-corrected chi connectivity index (χ0v) is 14.5. The molecule has 2 aromatic carbocycles. The molecule has 1 amide bonds. The Hall–Kier alpha value is -3.21. The number of carbonyl (C=O) groups excluding carboxylic acids is 1. The Kier molecular flexibility index (Phi) is 4.75. The average molecular weight is 332 g/mol. The molecule has 0 aliphatic rings. The maximum atomic E-state index is 12.8. The van der Waals surface area contributed by atoms with Gasteiger partial charge in [0, 0.05) is 24.5 Å². The van der Waals surface area contributed by atoms with Crippen LogP contribution in [0, 0.1) is 13.8 Å². The van der Waals surface area contributed by atoms with Crippen LogP contribution in [-0.4, -0.2) is 22.9 Å². The average Bonchev–Trinajstić information content (AvgIpc) is 2.62. The van der Waals surface area contributed by atoms with Crippen molar-refractivity contribution in [3.05, 3.63) is 77.7 Å². The van der Waals surface area contributed by atoms with Crippen LogP contribution in [0.4, 0.5) is 17.2 Å². The van der Waals surface area contributed by atoms with Crippen molar-refractivity contribution in [3.63, 3.8) is 0 Å². The van der Waals surface area contributed by atoms with Crippen LogP contribution in [0.15, 0.2) is 60.7 Å². The molecule has 0 aliphatic heterocycles. The summed E-state index contributed by atoms with van der Waals surface area (Å²) in [7, 11) is 1.74. The molecule has 1 N–H and O–H groups in total. The lowest BCUT2D eigenvalue weighted by Gasteiger charge is -2.17. The first-order chi connectivity index (χ1) is 12.0. The molecule has 0 unspecified atom stereocenters. The maximum absolute atomic E-state index is 12.8. The zero-order chi connectivity index (χ0) is 17.8. The van der Waals surface area contributed by atoms with Gasteiger partial charge in [-0.2, -0.15) is 0 Å². The highest BCUT2D eigenvalue weighted by Crippen LogP contribution is 2.18. The van der Waals surface area contributed by atoms with E-state index in [0.717, 1.165) is 11.4 Å². The quantitative estimate of drug-likeness (QED) is 0.781. The summed E-state index contributed by atoms with van der Waals surface area (Å²) in [5.41, 5.74) is 3.27. The highest BCUT2D eigenvalue weighted by molar-refractivity contribution is 6.04. The van der Waals surface area contributed by atoms with Gasteiger partial charge in [0.2, 0.25) is 0 Å². The minimum atomic E-state index is -0.177. The number of hydrogen-bond acceptors (Lipinski definition) is 4. The zero-order valence-electron chi connectivity index (χ0n) is 14.5. The molecule has 0 fully saturated rings. The van der Waals surface area contributed by atoms with E-state index in [1.807, 2.05) is 61.5 Å². The Bertz CT molecular complexity index is 876. The number of aryl methyl sites for hydroxylation is 2. The second-order valence-corrected chi connectivity index (χ2v) is 5.88. The molecule has 0 aliphatic carbocycles. The summed E-state index contributed by atoms with van der Waals surface area (Å²) in [6.45, 7) is 3.81. The molecule has 5 nitrogen and oxygen atoms in total. The largest absolute Gasteiger partial charge is 0.340 e. The third kappa shape index (κ3) is 4.01. The number of para-hydroxylation sites is 1. The van der Waals surface area contributed by atoms with Crippen LogP contribution in [0.1, 0.15) is 21.9 Å². The van der Waals surface area contributed by atoms with E-state index in [9.17, 15) is 4.79 Å². The van der Waals surface area contributed by atoms with Crippen molar-refractivity contribution in [1.82, 2.24) is 9.97 Å². The molecule has 5 heteroatoms. The summed E-state index contributed by atoms with van der Waals surface area (Å²) in [6, 6.07) is 19.2. The van der Waals surface area contributed by atoms with Gasteiger partial charge >= 0.3 is 0 Å². The summed E-state index contributed by atoms with van der Waals surface area (Å²) in [5.74, 6) is 0.965. The fraction of sp³-hybridized carbons (Fsp3) is 0.150. The Morgan fingerprint density at radius 3 is 2.32 bits per heavy atom. The number of aromatic nitrogens is 2. The van der Waals surface area contributed by atoms with Crippen LogP contribution in [0.2, 0.25) is 0 Å². The van der Waals surface area contributed by atoms with Crippen LogP contribution < -0.4 is 10.2 Å². The van der Waals surface area contributed by atoms with Gasteiger partial charge in [0.25, 0.3) is 5.91 Å². The van der Waals surface area contributed by atoms with Crippen LogP contribution in [-0.2, 0) is 0 Å². The van der Waals surface area contributed by atoms with Gasteiger partial charge in [-0.05, 0) is 38.1 Å². The highest BCUT2D eigenvalue weighted by Gasteiger charge is 2.16. The fourth-order valence-electron chi connectivity index (χ4n) is 2.47. The van der Waals surface area contributed by atoms with Gasteiger partial charge in [0.1, 0.15) is 17.3 Å². The summed E-state index contributed by atoms with van der Waals surface area (Å²) in [6.07, 6.45) is 0. The number of benzene rings is 2. The molecule has 126 valence electrons. The van der Waals surface area contributed by atoms with Crippen molar-refractivity contribution in [3.8, 4) is 0 Å². The van der Waals surface area contributed by atoms with Crippen molar-refractivity contribution < 1.29 is 4.79 Å². The first-order valence-electron chi connectivity index (χ1n) is 8.05. The topological polar surface area (TPSA) is 58.1 Å². The normalized spacial score (nSPS) is 10.4. The van der Waals surface area contributed by atoms with Gasteiger partial charge in [0.05, 0.1) is 0 Å². The highest BCUT2D eigenvalue weighted by atomic mass is 16.2. The molecule has 0 saturated carbocycles.